The SMILES string of the molecule is CNC(C)C(=O)CCC(F)(F)F. The van der Waals surface area contributed by atoms with Crippen LogP contribution in [0.5, 0.6) is 0 Å². The summed E-state index contributed by atoms with van der Waals surface area (Å²) in [7, 11) is 1.54. The van der Waals surface area contributed by atoms with Crippen molar-refractivity contribution in [3.05, 3.63) is 0 Å². The highest BCUT2D eigenvalue weighted by Crippen LogP contribution is 2.21. The minimum absolute atomic E-state index is 0.408. The number of halogens is 3. The fraction of sp³-hybridized carbons (Fsp3) is 0.857. The van der Waals surface area contributed by atoms with Crippen LogP contribution < -0.4 is 5.32 Å². The molecule has 0 saturated heterocycles. The van der Waals surface area contributed by atoms with E-state index >= 15 is 0 Å². The molecule has 2 nitrogen and oxygen atoms in total. The maximum atomic E-state index is 11.6. The van der Waals surface area contributed by atoms with Crippen molar-refractivity contribution < 1.29 is 18.0 Å². The van der Waals surface area contributed by atoms with Gasteiger partial charge in [-0.05, 0) is 14.0 Å². The summed E-state index contributed by atoms with van der Waals surface area (Å²) in [5.41, 5.74) is 0. The third kappa shape index (κ3) is 5.12. The van der Waals surface area contributed by atoms with Crippen LogP contribution in [0, 0.1) is 0 Å². The van der Waals surface area contributed by atoms with Crippen LogP contribution in [0.25, 0.3) is 0 Å². The van der Waals surface area contributed by atoms with E-state index in [1.165, 1.54) is 7.05 Å². The van der Waals surface area contributed by atoms with E-state index in [0.29, 0.717) is 0 Å². The number of hydrogen-bond donors (Lipinski definition) is 1. The van der Waals surface area contributed by atoms with Crippen LogP contribution in [-0.2, 0) is 4.79 Å². The molecule has 0 aliphatic carbocycles. The molecule has 0 radical (unpaired) electrons. The maximum absolute atomic E-state index is 11.6. The Hall–Kier alpha value is -0.580. The van der Waals surface area contributed by atoms with Crippen molar-refractivity contribution in [2.24, 2.45) is 0 Å². The lowest BCUT2D eigenvalue weighted by molar-refractivity contribution is -0.143. The number of carbonyl (C=O) groups excluding carboxylic acids is 1. The van der Waals surface area contributed by atoms with Gasteiger partial charge < -0.3 is 5.32 Å². The van der Waals surface area contributed by atoms with Gasteiger partial charge in [0.15, 0.2) is 0 Å². The normalized spacial score (nSPS) is 14.4. The van der Waals surface area contributed by atoms with Crippen LogP contribution >= 0.6 is 0 Å². The molecule has 0 aromatic carbocycles. The van der Waals surface area contributed by atoms with E-state index in [9.17, 15) is 18.0 Å². The summed E-state index contributed by atoms with van der Waals surface area (Å²) in [6.45, 7) is 1.54. The Kier molecular flexibility index (Phi) is 4.23. The number of Topliss-reactive ketones (excluding diaryl/α,β-unsaturated/α-hetero) is 1. The summed E-state index contributed by atoms with van der Waals surface area (Å²) in [5.74, 6) is -0.408. The van der Waals surface area contributed by atoms with Crippen molar-refractivity contribution in [3.8, 4) is 0 Å². The van der Waals surface area contributed by atoms with Gasteiger partial charge in [-0.3, -0.25) is 4.79 Å². The molecule has 1 unspecified atom stereocenters. The average molecular weight is 183 g/mol. The Morgan fingerprint density at radius 1 is 1.50 bits per heavy atom. The van der Waals surface area contributed by atoms with Gasteiger partial charge in [0.1, 0.15) is 5.78 Å². The fourth-order valence-electron chi connectivity index (χ4n) is 0.642. The van der Waals surface area contributed by atoms with Crippen LogP contribution in [0.2, 0.25) is 0 Å². The Balaban J connectivity index is 3.72. The van der Waals surface area contributed by atoms with Gasteiger partial charge >= 0.3 is 6.18 Å². The van der Waals surface area contributed by atoms with E-state index in [4.69, 9.17) is 0 Å². The van der Waals surface area contributed by atoms with Gasteiger partial charge in [-0.2, -0.15) is 13.2 Å². The van der Waals surface area contributed by atoms with Gasteiger partial charge in [-0.1, -0.05) is 0 Å². The Morgan fingerprint density at radius 3 is 2.33 bits per heavy atom. The zero-order valence-electron chi connectivity index (χ0n) is 7.03. The van der Waals surface area contributed by atoms with Crippen molar-refractivity contribution in [1.82, 2.24) is 5.32 Å². The summed E-state index contributed by atoms with van der Waals surface area (Å²) in [4.78, 5) is 10.9. The van der Waals surface area contributed by atoms with Crippen LogP contribution in [-0.4, -0.2) is 25.0 Å². The molecule has 0 aliphatic rings. The van der Waals surface area contributed by atoms with E-state index in [-0.39, 0.29) is 0 Å². The van der Waals surface area contributed by atoms with Gasteiger partial charge in [0.2, 0.25) is 0 Å². The van der Waals surface area contributed by atoms with Crippen LogP contribution in [0.3, 0.4) is 0 Å². The van der Waals surface area contributed by atoms with E-state index in [1.54, 1.807) is 6.92 Å². The highest BCUT2D eigenvalue weighted by Gasteiger charge is 2.28. The molecule has 5 heteroatoms. The maximum Gasteiger partial charge on any atom is 0.389 e. The number of nitrogens with one attached hydrogen (secondary N) is 1. The Bertz CT molecular complexity index is 155. The third-order valence-electron chi connectivity index (χ3n) is 1.57. The first-order chi connectivity index (χ1) is 5.37. The summed E-state index contributed by atoms with van der Waals surface area (Å²) < 4.78 is 34.8. The molecule has 72 valence electrons. The van der Waals surface area contributed by atoms with Gasteiger partial charge in [0.25, 0.3) is 0 Å². The lowest BCUT2D eigenvalue weighted by Gasteiger charge is -2.09. The highest BCUT2D eigenvalue weighted by atomic mass is 19.4. The van der Waals surface area contributed by atoms with Crippen molar-refractivity contribution in [2.75, 3.05) is 7.05 Å². The highest BCUT2D eigenvalue weighted by molar-refractivity contribution is 5.83. The first kappa shape index (κ1) is 11.4. The molecule has 0 bridgehead atoms. The van der Waals surface area contributed by atoms with Crippen LogP contribution in [0.4, 0.5) is 13.2 Å². The number of hydrogen-bond acceptors (Lipinski definition) is 2. The molecule has 0 rings (SSSR count). The molecule has 1 atom stereocenters. The molecule has 0 aromatic rings. The second-order valence-electron chi connectivity index (χ2n) is 2.59. The monoisotopic (exact) mass is 183 g/mol. The zero-order valence-corrected chi connectivity index (χ0v) is 7.03. The van der Waals surface area contributed by atoms with E-state index in [0.717, 1.165) is 0 Å². The van der Waals surface area contributed by atoms with E-state index in [2.05, 4.69) is 5.32 Å². The second-order valence-corrected chi connectivity index (χ2v) is 2.59. The van der Waals surface area contributed by atoms with E-state index in [1.807, 2.05) is 0 Å². The summed E-state index contributed by atoms with van der Waals surface area (Å²) in [6, 6.07) is -0.493. The minimum Gasteiger partial charge on any atom is -0.311 e. The molecule has 0 aliphatic heterocycles. The average Bonchev–Trinajstić information content (AvgIpc) is 1.97. The van der Waals surface area contributed by atoms with Gasteiger partial charge in [-0.15, -0.1) is 0 Å². The molecular formula is C7H12F3NO. The molecule has 0 saturated carbocycles. The molecule has 0 heterocycles. The van der Waals surface area contributed by atoms with Crippen molar-refractivity contribution in [3.63, 3.8) is 0 Å². The smallest absolute Gasteiger partial charge is 0.311 e. The van der Waals surface area contributed by atoms with Crippen molar-refractivity contribution >= 4 is 5.78 Å². The molecule has 0 aromatic heterocycles. The molecule has 12 heavy (non-hydrogen) atoms. The largest absolute Gasteiger partial charge is 0.389 e. The number of carbonyl (C=O) groups is 1. The molecule has 0 fully saturated rings. The molecule has 1 N–H and O–H groups in total. The summed E-state index contributed by atoms with van der Waals surface area (Å²) in [5, 5.41) is 2.58. The molecular weight excluding hydrogens is 171 g/mol. The predicted octanol–water partition coefficient (Wildman–Crippen LogP) is 1.51. The first-order valence-electron chi connectivity index (χ1n) is 3.63. The quantitative estimate of drug-likeness (QED) is 0.715. The van der Waals surface area contributed by atoms with Gasteiger partial charge in [0.05, 0.1) is 12.5 Å². The molecule has 0 amide bonds. The lowest BCUT2D eigenvalue weighted by Crippen LogP contribution is -2.31. The first-order valence-corrected chi connectivity index (χ1v) is 3.63. The summed E-state index contributed by atoms with van der Waals surface area (Å²) in [6.07, 6.45) is -5.70. The van der Waals surface area contributed by atoms with Crippen molar-refractivity contribution in [1.29, 1.82) is 0 Å². The number of rotatable bonds is 4. The second kappa shape index (κ2) is 4.45. The summed E-state index contributed by atoms with van der Waals surface area (Å²) >= 11 is 0. The lowest BCUT2D eigenvalue weighted by atomic mass is 10.1. The number of ketones is 1. The fourth-order valence-corrected chi connectivity index (χ4v) is 0.642. The topological polar surface area (TPSA) is 29.1 Å². The Labute approximate surface area is 69.1 Å². The third-order valence-corrected chi connectivity index (χ3v) is 1.57. The zero-order chi connectivity index (χ0) is 9.78. The minimum atomic E-state index is -4.23. The van der Waals surface area contributed by atoms with Crippen molar-refractivity contribution in [2.45, 2.75) is 32.0 Å². The number of likely N-dealkylation sites (N-methyl/N-ethyl adjacent to an activating group) is 1. The van der Waals surface area contributed by atoms with Gasteiger partial charge in [0, 0.05) is 6.42 Å². The van der Waals surface area contributed by atoms with E-state index < -0.39 is 30.8 Å². The van der Waals surface area contributed by atoms with Crippen LogP contribution in [0.1, 0.15) is 19.8 Å². The predicted molar refractivity (Wildman–Crippen MR) is 38.8 cm³/mol. The molecule has 0 spiro atoms. The van der Waals surface area contributed by atoms with Gasteiger partial charge in [-0.25, -0.2) is 0 Å². The standard InChI is InChI=1S/C7H12F3NO/c1-5(11-2)6(12)3-4-7(8,9)10/h5,11H,3-4H2,1-2H3. The van der Waals surface area contributed by atoms with Crippen LogP contribution in [0.15, 0.2) is 0 Å². The number of alkyl halides is 3. The Morgan fingerprint density at radius 2 is 2.00 bits per heavy atom.